The van der Waals surface area contributed by atoms with Crippen molar-refractivity contribution in [1.82, 2.24) is 20.3 Å². The maximum atomic E-state index is 12.4. The first kappa shape index (κ1) is 14.7. The van der Waals surface area contributed by atoms with Crippen LogP contribution >= 0.6 is 0 Å². The first-order valence-electron chi connectivity index (χ1n) is 7.54. The van der Waals surface area contributed by atoms with Crippen molar-refractivity contribution in [2.75, 3.05) is 6.54 Å². The van der Waals surface area contributed by atoms with E-state index in [4.69, 9.17) is 5.73 Å². The number of nitrogens with zero attached hydrogens (tertiary/aromatic N) is 3. The molecule has 1 aliphatic carbocycles. The molecule has 1 atom stereocenters. The number of hydrogen-bond acceptors (Lipinski definition) is 4. The van der Waals surface area contributed by atoms with Crippen LogP contribution in [-0.4, -0.2) is 33.0 Å². The van der Waals surface area contributed by atoms with Crippen LogP contribution in [0.3, 0.4) is 0 Å². The zero-order chi connectivity index (χ0) is 15.7. The maximum absolute atomic E-state index is 12.4. The Morgan fingerprint density at radius 2 is 2.09 bits per heavy atom. The molecule has 1 saturated carbocycles. The minimum Gasteiger partial charge on any atom is -0.344 e. The first-order valence-corrected chi connectivity index (χ1v) is 7.54. The van der Waals surface area contributed by atoms with Crippen LogP contribution in [0.15, 0.2) is 30.5 Å². The van der Waals surface area contributed by atoms with Gasteiger partial charge in [0.05, 0.1) is 17.4 Å². The molecule has 6 nitrogen and oxygen atoms in total. The SMILES string of the molecule is Cc1ccc(-n2cc(C(=O)NC(C)(CN)C3CC3)nn2)cc1. The summed E-state index contributed by atoms with van der Waals surface area (Å²) in [5.74, 6) is 0.242. The van der Waals surface area contributed by atoms with Crippen LogP contribution in [-0.2, 0) is 0 Å². The highest BCUT2D eigenvalue weighted by Gasteiger charge is 2.41. The highest BCUT2D eigenvalue weighted by Crippen LogP contribution is 2.39. The van der Waals surface area contributed by atoms with E-state index in [-0.39, 0.29) is 11.4 Å². The van der Waals surface area contributed by atoms with Gasteiger partial charge in [-0.3, -0.25) is 4.79 Å². The van der Waals surface area contributed by atoms with Gasteiger partial charge in [-0.05, 0) is 44.7 Å². The molecule has 1 aromatic heterocycles. The lowest BCUT2D eigenvalue weighted by Gasteiger charge is -2.28. The number of carbonyl (C=O) groups excluding carboxylic acids is 1. The smallest absolute Gasteiger partial charge is 0.273 e. The van der Waals surface area contributed by atoms with Gasteiger partial charge in [0.25, 0.3) is 5.91 Å². The van der Waals surface area contributed by atoms with Gasteiger partial charge in [0.1, 0.15) is 0 Å². The molecule has 2 aromatic rings. The average Bonchev–Trinajstić information content (AvgIpc) is 3.26. The second-order valence-corrected chi connectivity index (χ2v) is 6.23. The Morgan fingerprint density at radius 3 is 2.68 bits per heavy atom. The van der Waals surface area contributed by atoms with Gasteiger partial charge in [-0.15, -0.1) is 5.10 Å². The Bertz CT molecular complexity index is 674. The van der Waals surface area contributed by atoms with E-state index >= 15 is 0 Å². The van der Waals surface area contributed by atoms with Crippen molar-refractivity contribution < 1.29 is 4.79 Å². The van der Waals surface area contributed by atoms with Gasteiger partial charge < -0.3 is 11.1 Å². The summed E-state index contributed by atoms with van der Waals surface area (Å²) in [5.41, 5.74) is 7.83. The molecule has 0 spiro atoms. The van der Waals surface area contributed by atoms with Gasteiger partial charge >= 0.3 is 0 Å². The number of nitrogens with two attached hydrogens (primary N) is 1. The zero-order valence-electron chi connectivity index (χ0n) is 12.9. The van der Waals surface area contributed by atoms with Crippen LogP contribution < -0.4 is 11.1 Å². The number of aryl methyl sites for hydroxylation is 1. The van der Waals surface area contributed by atoms with E-state index in [1.807, 2.05) is 38.1 Å². The highest BCUT2D eigenvalue weighted by molar-refractivity contribution is 5.92. The van der Waals surface area contributed by atoms with Crippen molar-refractivity contribution in [3.8, 4) is 5.69 Å². The number of benzene rings is 1. The average molecular weight is 299 g/mol. The molecule has 3 N–H and O–H groups in total. The topological polar surface area (TPSA) is 85.8 Å². The number of carbonyl (C=O) groups is 1. The Kier molecular flexibility index (Phi) is 3.70. The Labute approximate surface area is 129 Å². The van der Waals surface area contributed by atoms with Crippen LogP contribution in [0.1, 0.15) is 35.8 Å². The lowest BCUT2D eigenvalue weighted by Crippen LogP contribution is -2.53. The van der Waals surface area contributed by atoms with Gasteiger partial charge in [0.2, 0.25) is 0 Å². The lowest BCUT2D eigenvalue weighted by atomic mass is 9.96. The van der Waals surface area contributed by atoms with E-state index in [0.29, 0.717) is 18.2 Å². The van der Waals surface area contributed by atoms with E-state index < -0.39 is 0 Å². The molecular weight excluding hydrogens is 278 g/mol. The molecule has 1 amide bonds. The third-order valence-electron chi connectivity index (χ3n) is 4.33. The molecule has 1 fully saturated rings. The maximum Gasteiger partial charge on any atom is 0.273 e. The summed E-state index contributed by atoms with van der Waals surface area (Å²) >= 11 is 0. The minimum atomic E-state index is -0.356. The summed E-state index contributed by atoms with van der Waals surface area (Å²) in [6.07, 6.45) is 3.87. The van der Waals surface area contributed by atoms with E-state index in [0.717, 1.165) is 18.5 Å². The van der Waals surface area contributed by atoms with E-state index in [1.54, 1.807) is 10.9 Å². The van der Waals surface area contributed by atoms with Crippen LogP contribution in [0.25, 0.3) is 5.69 Å². The Hall–Kier alpha value is -2.21. The summed E-state index contributed by atoms with van der Waals surface area (Å²) in [7, 11) is 0. The zero-order valence-corrected chi connectivity index (χ0v) is 12.9. The number of aromatic nitrogens is 3. The van der Waals surface area contributed by atoms with Crippen molar-refractivity contribution in [3.63, 3.8) is 0 Å². The normalized spacial score (nSPS) is 17.0. The number of rotatable bonds is 5. The number of nitrogens with one attached hydrogen (secondary N) is 1. The second-order valence-electron chi connectivity index (χ2n) is 6.23. The molecule has 116 valence electrons. The summed E-state index contributed by atoms with van der Waals surface area (Å²) in [4.78, 5) is 12.4. The molecule has 0 aliphatic heterocycles. The fraction of sp³-hybridized carbons (Fsp3) is 0.438. The molecule has 0 saturated heterocycles. The molecule has 3 rings (SSSR count). The first-order chi connectivity index (χ1) is 10.5. The molecule has 22 heavy (non-hydrogen) atoms. The molecule has 0 radical (unpaired) electrons. The largest absolute Gasteiger partial charge is 0.344 e. The standard InChI is InChI=1S/C16H21N5O/c1-11-3-7-13(8-4-11)21-9-14(19-20-21)15(22)18-16(2,10-17)12-5-6-12/h3-4,7-9,12H,5-6,10,17H2,1-2H3,(H,18,22). The minimum absolute atomic E-state index is 0.224. The molecule has 1 unspecified atom stereocenters. The lowest BCUT2D eigenvalue weighted by molar-refractivity contribution is 0.0892. The second kappa shape index (κ2) is 5.53. The molecular formula is C16H21N5O. The van der Waals surface area contributed by atoms with Crippen LogP contribution in [0.2, 0.25) is 0 Å². The molecule has 6 heteroatoms. The van der Waals surface area contributed by atoms with Crippen molar-refractivity contribution in [2.24, 2.45) is 11.7 Å². The van der Waals surface area contributed by atoms with Crippen molar-refractivity contribution in [1.29, 1.82) is 0 Å². The molecule has 1 aromatic carbocycles. The van der Waals surface area contributed by atoms with Gasteiger partial charge in [-0.2, -0.15) is 0 Å². The fourth-order valence-electron chi connectivity index (χ4n) is 2.56. The summed E-state index contributed by atoms with van der Waals surface area (Å²) in [5, 5.41) is 11.0. The van der Waals surface area contributed by atoms with Crippen molar-refractivity contribution >= 4 is 5.91 Å². The highest BCUT2D eigenvalue weighted by atomic mass is 16.2. The predicted octanol–water partition coefficient (Wildman–Crippen LogP) is 1.43. The molecule has 1 heterocycles. The third-order valence-corrected chi connectivity index (χ3v) is 4.33. The van der Waals surface area contributed by atoms with E-state index in [1.165, 1.54) is 5.56 Å². The van der Waals surface area contributed by atoms with Gasteiger partial charge in [0.15, 0.2) is 5.69 Å². The molecule has 0 bridgehead atoms. The van der Waals surface area contributed by atoms with E-state index in [9.17, 15) is 4.79 Å². The summed E-state index contributed by atoms with van der Waals surface area (Å²) in [6, 6.07) is 7.88. The van der Waals surface area contributed by atoms with Crippen LogP contribution in [0, 0.1) is 12.8 Å². The van der Waals surface area contributed by atoms with Crippen molar-refractivity contribution in [2.45, 2.75) is 32.2 Å². The van der Waals surface area contributed by atoms with Gasteiger partial charge in [-0.1, -0.05) is 22.9 Å². The number of hydrogen-bond donors (Lipinski definition) is 2. The Balaban J connectivity index is 1.75. The van der Waals surface area contributed by atoms with Crippen LogP contribution in [0.4, 0.5) is 0 Å². The van der Waals surface area contributed by atoms with E-state index in [2.05, 4.69) is 15.6 Å². The van der Waals surface area contributed by atoms with Crippen LogP contribution in [0.5, 0.6) is 0 Å². The van der Waals surface area contributed by atoms with Gasteiger partial charge in [-0.25, -0.2) is 4.68 Å². The van der Waals surface area contributed by atoms with Crippen molar-refractivity contribution in [3.05, 3.63) is 41.7 Å². The number of amides is 1. The molecule has 1 aliphatic rings. The monoisotopic (exact) mass is 299 g/mol. The third kappa shape index (κ3) is 2.87. The van der Waals surface area contributed by atoms with Gasteiger partial charge in [0, 0.05) is 6.54 Å². The predicted molar refractivity (Wildman–Crippen MR) is 83.7 cm³/mol. The quantitative estimate of drug-likeness (QED) is 0.874. The Morgan fingerprint density at radius 1 is 1.41 bits per heavy atom. The summed E-state index contributed by atoms with van der Waals surface area (Å²) in [6.45, 7) is 4.44. The fourth-order valence-corrected chi connectivity index (χ4v) is 2.56. The summed E-state index contributed by atoms with van der Waals surface area (Å²) < 4.78 is 1.60.